The second-order valence-electron chi connectivity index (χ2n) is 2.51. The van der Waals surface area contributed by atoms with E-state index in [1.165, 1.54) is 0 Å². The first-order valence-corrected chi connectivity index (χ1v) is 3.60. The van der Waals surface area contributed by atoms with E-state index in [-0.39, 0.29) is 4.65 Å². The normalized spacial score (nSPS) is 10.6. The first kappa shape index (κ1) is 10.1. The molecule has 0 aromatic heterocycles. The minimum atomic E-state index is -0.0729. The summed E-state index contributed by atoms with van der Waals surface area (Å²) in [6.45, 7) is 12.3. The molecule has 0 aliphatic carbocycles. The van der Waals surface area contributed by atoms with Crippen LogP contribution in [0.4, 0.5) is 0 Å². The zero-order chi connectivity index (χ0) is 8.74. The van der Waals surface area contributed by atoms with Gasteiger partial charge in [-0.1, -0.05) is 19.7 Å². The van der Waals surface area contributed by atoms with Crippen molar-refractivity contribution >= 4 is 0 Å². The molecule has 0 amide bonds. The summed E-state index contributed by atoms with van der Waals surface area (Å²) in [5, 5.41) is 9.74. The van der Waals surface area contributed by atoms with Gasteiger partial charge in [0, 0.05) is 0 Å². The average Bonchev–Trinajstić information content (AvgIpc) is 1.88. The van der Waals surface area contributed by atoms with Crippen molar-refractivity contribution < 1.29 is 9.85 Å². The molecule has 0 radical (unpaired) electrons. The van der Waals surface area contributed by atoms with Crippen LogP contribution in [0.5, 0.6) is 0 Å². The number of hydroxylamine groups is 3. The average molecular weight is 154 g/mol. The fourth-order valence-electron chi connectivity index (χ4n) is 0.945. The highest BCUT2D eigenvalue weighted by atomic mass is 16.5. The molecule has 0 saturated heterocycles. The number of nitrogens with zero attached hydrogens (tertiary/aromatic N) is 1. The summed E-state index contributed by atoms with van der Waals surface area (Å²) in [5.74, 6) is 0. The summed E-state index contributed by atoms with van der Waals surface area (Å²) in [6, 6.07) is 0. The summed E-state index contributed by atoms with van der Waals surface area (Å²) < 4.78 is -0.0729. The molecule has 0 bridgehead atoms. The van der Waals surface area contributed by atoms with E-state index in [4.69, 9.17) is 0 Å². The molecule has 62 valence electrons. The summed E-state index contributed by atoms with van der Waals surface area (Å²) in [5.41, 5.74) is 0. The third kappa shape index (κ3) is 3.75. The first-order valence-electron chi connectivity index (χ1n) is 3.60. The number of hydrogen-bond acceptors (Lipinski definition) is 1. The van der Waals surface area contributed by atoms with Gasteiger partial charge in [-0.05, 0) is 18.2 Å². The summed E-state index contributed by atoms with van der Waals surface area (Å²) in [7, 11) is 0. The van der Waals surface area contributed by atoms with Crippen molar-refractivity contribution in [2.45, 2.75) is 0 Å². The Labute approximate surface area is 68.3 Å². The molecule has 2 heteroatoms. The van der Waals surface area contributed by atoms with Crippen LogP contribution in [0.15, 0.2) is 38.0 Å². The van der Waals surface area contributed by atoms with E-state index < -0.39 is 0 Å². The number of quaternary nitrogens is 1. The molecule has 2 nitrogen and oxygen atoms in total. The lowest BCUT2D eigenvalue weighted by molar-refractivity contribution is -1.09. The molecule has 0 rings (SSSR count). The molecule has 0 aromatic carbocycles. The molecule has 0 aliphatic rings. The molecule has 0 atom stereocenters. The fourth-order valence-corrected chi connectivity index (χ4v) is 0.945. The molecule has 0 saturated carbocycles. The highest BCUT2D eigenvalue weighted by molar-refractivity contribution is 4.73. The molecular weight excluding hydrogens is 138 g/mol. The highest BCUT2D eigenvalue weighted by Gasteiger charge is 2.18. The van der Waals surface area contributed by atoms with Gasteiger partial charge in [-0.3, -0.25) is 0 Å². The lowest BCUT2D eigenvalue weighted by atomic mass is 10.4. The lowest BCUT2D eigenvalue weighted by Gasteiger charge is -2.26. The largest absolute Gasteiger partial charge is 0.216 e. The predicted molar refractivity (Wildman–Crippen MR) is 47.2 cm³/mol. The van der Waals surface area contributed by atoms with Crippen molar-refractivity contribution in [2.75, 3.05) is 19.6 Å². The third-order valence-corrected chi connectivity index (χ3v) is 1.41. The Balaban J connectivity index is 4.09. The van der Waals surface area contributed by atoms with Crippen molar-refractivity contribution in [3.05, 3.63) is 38.0 Å². The molecular formula is C9H16NO+. The maximum atomic E-state index is 9.74. The Morgan fingerprint density at radius 3 is 1.36 bits per heavy atom. The Morgan fingerprint density at radius 1 is 0.909 bits per heavy atom. The van der Waals surface area contributed by atoms with Gasteiger partial charge in [-0.25, -0.2) is 5.21 Å². The summed E-state index contributed by atoms with van der Waals surface area (Å²) in [6.07, 6.45) is 5.06. The van der Waals surface area contributed by atoms with Crippen LogP contribution < -0.4 is 0 Å². The first-order chi connectivity index (χ1) is 5.18. The lowest BCUT2D eigenvalue weighted by Crippen LogP contribution is -2.44. The molecule has 0 aliphatic heterocycles. The zero-order valence-corrected chi connectivity index (χ0v) is 6.87. The van der Waals surface area contributed by atoms with Crippen LogP contribution in [0, 0.1) is 0 Å². The van der Waals surface area contributed by atoms with Crippen LogP contribution in [-0.2, 0) is 0 Å². The number of rotatable bonds is 6. The van der Waals surface area contributed by atoms with Crippen molar-refractivity contribution in [3.8, 4) is 0 Å². The van der Waals surface area contributed by atoms with Crippen LogP contribution in [0.1, 0.15) is 0 Å². The zero-order valence-electron chi connectivity index (χ0n) is 6.87. The van der Waals surface area contributed by atoms with Crippen LogP contribution in [-0.4, -0.2) is 29.5 Å². The van der Waals surface area contributed by atoms with Gasteiger partial charge in [-0.2, -0.15) is 4.65 Å². The quantitative estimate of drug-likeness (QED) is 0.351. The smallest absolute Gasteiger partial charge is 0.128 e. The van der Waals surface area contributed by atoms with Gasteiger partial charge in [0.1, 0.15) is 19.6 Å². The van der Waals surface area contributed by atoms with Gasteiger partial charge < -0.3 is 0 Å². The van der Waals surface area contributed by atoms with E-state index in [9.17, 15) is 5.21 Å². The summed E-state index contributed by atoms with van der Waals surface area (Å²) in [4.78, 5) is 0. The predicted octanol–water partition coefficient (Wildman–Crippen LogP) is 1.75. The number of hydrogen-bond donors (Lipinski definition) is 1. The second-order valence-corrected chi connectivity index (χ2v) is 2.51. The van der Waals surface area contributed by atoms with Gasteiger partial charge in [0.05, 0.1) is 0 Å². The van der Waals surface area contributed by atoms with Crippen LogP contribution in [0.3, 0.4) is 0 Å². The van der Waals surface area contributed by atoms with Crippen molar-refractivity contribution in [3.63, 3.8) is 0 Å². The van der Waals surface area contributed by atoms with Crippen LogP contribution in [0.2, 0.25) is 0 Å². The molecule has 0 unspecified atom stereocenters. The second kappa shape index (κ2) is 4.88. The molecule has 0 spiro atoms. The molecule has 11 heavy (non-hydrogen) atoms. The van der Waals surface area contributed by atoms with Crippen molar-refractivity contribution in [1.29, 1.82) is 0 Å². The maximum absolute atomic E-state index is 9.74. The topological polar surface area (TPSA) is 20.2 Å². The van der Waals surface area contributed by atoms with E-state index in [1.807, 2.05) is 0 Å². The van der Waals surface area contributed by atoms with Crippen LogP contribution >= 0.6 is 0 Å². The van der Waals surface area contributed by atoms with Crippen LogP contribution in [0.25, 0.3) is 0 Å². The van der Waals surface area contributed by atoms with E-state index >= 15 is 0 Å². The van der Waals surface area contributed by atoms with Gasteiger partial charge in [0.2, 0.25) is 0 Å². The van der Waals surface area contributed by atoms with Gasteiger partial charge >= 0.3 is 0 Å². The van der Waals surface area contributed by atoms with E-state index in [1.54, 1.807) is 18.2 Å². The van der Waals surface area contributed by atoms with E-state index in [0.717, 1.165) is 0 Å². The SMILES string of the molecule is C=CC[N+](O)(CC=C)CC=C. The minimum absolute atomic E-state index is 0.0729. The Morgan fingerprint density at radius 2 is 1.18 bits per heavy atom. The Kier molecular flexibility index (Phi) is 4.50. The van der Waals surface area contributed by atoms with Gasteiger partial charge in [-0.15, -0.1) is 0 Å². The molecule has 0 aromatic rings. The monoisotopic (exact) mass is 154 g/mol. The molecule has 0 fully saturated rings. The van der Waals surface area contributed by atoms with Crippen molar-refractivity contribution in [1.82, 2.24) is 0 Å². The Hall–Kier alpha value is -0.860. The van der Waals surface area contributed by atoms with E-state index in [0.29, 0.717) is 19.6 Å². The van der Waals surface area contributed by atoms with Gasteiger partial charge in [0.25, 0.3) is 0 Å². The summed E-state index contributed by atoms with van der Waals surface area (Å²) >= 11 is 0. The molecule has 1 N–H and O–H groups in total. The molecule has 0 heterocycles. The third-order valence-electron chi connectivity index (χ3n) is 1.41. The highest BCUT2D eigenvalue weighted by Crippen LogP contribution is 2.01. The van der Waals surface area contributed by atoms with E-state index in [2.05, 4.69) is 19.7 Å². The fraction of sp³-hybridized carbons (Fsp3) is 0.333. The van der Waals surface area contributed by atoms with Crippen molar-refractivity contribution in [2.24, 2.45) is 0 Å². The maximum Gasteiger partial charge on any atom is 0.128 e. The minimum Gasteiger partial charge on any atom is -0.216 e. The standard InChI is InChI=1S/C9H16NO/c1-4-7-10(11,8-5-2)9-6-3/h4-6,11H,1-3,7-9H2/q+1. The Bertz CT molecular complexity index is 125. The van der Waals surface area contributed by atoms with Gasteiger partial charge in [0.15, 0.2) is 0 Å².